The Morgan fingerprint density at radius 3 is 2.73 bits per heavy atom. The van der Waals surface area contributed by atoms with Crippen molar-refractivity contribution < 1.29 is 43.8 Å². The number of halogens is 1. The van der Waals surface area contributed by atoms with E-state index in [4.69, 9.17) is 0 Å². The molecular formula is C10H5FNNaO2. The average Bonchev–Trinajstić information content (AvgIpc) is 2.16. The molecule has 0 atom stereocenters. The van der Waals surface area contributed by atoms with Crippen molar-refractivity contribution in [3.63, 3.8) is 0 Å². The molecule has 0 fully saturated rings. The maximum absolute atomic E-state index is 12.8. The molecule has 1 aromatic carbocycles. The van der Waals surface area contributed by atoms with Crippen molar-refractivity contribution in [1.29, 1.82) is 0 Å². The van der Waals surface area contributed by atoms with Crippen molar-refractivity contribution in [2.24, 2.45) is 0 Å². The predicted molar refractivity (Wildman–Crippen MR) is 46.0 cm³/mol. The number of hydrogen-bond acceptors (Lipinski definition) is 3. The van der Waals surface area contributed by atoms with E-state index in [1.807, 2.05) is 0 Å². The van der Waals surface area contributed by atoms with Crippen LogP contribution < -0.4 is 34.7 Å². The van der Waals surface area contributed by atoms with E-state index < -0.39 is 11.8 Å². The second-order valence-electron chi connectivity index (χ2n) is 2.81. The van der Waals surface area contributed by atoms with Gasteiger partial charge in [-0.3, -0.25) is 4.98 Å². The van der Waals surface area contributed by atoms with Crippen molar-refractivity contribution in [2.45, 2.75) is 0 Å². The monoisotopic (exact) mass is 213 g/mol. The van der Waals surface area contributed by atoms with Gasteiger partial charge in [0, 0.05) is 23.2 Å². The Balaban J connectivity index is 0.00000112. The van der Waals surface area contributed by atoms with E-state index in [0.717, 1.165) is 0 Å². The smallest absolute Gasteiger partial charge is 0.545 e. The first-order chi connectivity index (χ1) is 6.68. The summed E-state index contributed by atoms with van der Waals surface area (Å²) in [5.41, 5.74) is 0.335. The minimum Gasteiger partial charge on any atom is -0.545 e. The Kier molecular flexibility index (Phi) is 3.79. The van der Waals surface area contributed by atoms with Crippen molar-refractivity contribution in [3.8, 4) is 0 Å². The summed E-state index contributed by atoms with van der Waals surface area (Å²) in [4.78, 5) is 14.5. The molecule has 0 aliphatic carbocycles. The molecule has 0 spiro atoms. The largest absolute Gasteiger partial charge is 1.00 e. The van der Waals surface area contributed by atoms with Crippen molar-refractivity contribution in [2.75, 3.05) is 0 Å². The number of aromatic nitrogens is 1. The minimum absolute atomic E-state index is 0. The quantitative estimate of drug-likeness (QED) is 0.502. The third-order valence-electron chi connectivity index (χ3n) is 1.92. The fraction of sp³-hybridized carbons (Fsp3) is 0. The van der Waals surface area contributed by atoms with Gasteiger partial charge in [-0.25, -0.2) is 4.39 Å². The summed E-state index contributed by atoms with van der Waals surface area (Å²) in [6, 6.07) is 5.08. The number of fused-ring (bicyclic) bond motifs is 1. The Bertz CT molecular complexity index is 516. The number of hydrogen-bond donors (Lipinski definition) is 0. The minimum atomic E-state index is -1.29. The number of carbonyl (C=O) groups excluding carboxylic acids is 1. The molecule has 1 heterocycles. The van der Waals surface area contributed by atoms with Gasteiger partial charge in [0.2, 0.25) is 0 Å². The molecule has 0 saturated heterocycles. The SMILES string of the molecule is O=C([O-])c1ccnc2cc(F)ccc12.[Na+]. The molecule has 0 bridgehead atoms. The number of carboxylic acids is 1. The molecule has 70 valence electrons. The Labute approximate surface area is 107 Å². The van der Waals surface area contributed by atoms with Crippen LogP contribution in [0.5, 0.6) is 0 Å². The van der Waals surface area contributed by atoms with Gasteiger partial charge in [-0.05, 0) is 18.2 Å². The molecule has 0 aliphatic rings. The number of aromatic carboxylic acids is 1. The summed E-state index contributed by atoms with van der Waals surface area (Å²) in [6.45, 7) is 0. The summed E-state index contributed by atoms with van der Waals surface area (Å²) in [7, 11) is 0. The maximum Gasteiger partial charge on any atom is 1.00 e. The molecule has 0 aliphatic heterocycles. The first-order valence-electron chi connectivity index (χ1n) is 3.94. The molecule has 5 heteroatoms. The van der Waals surface area contributed by atoms with E-state index >= 15 is 0 Å². The first-order valence-corrected chi connectivity index (χ1v) is 3.94. The summed E-state index contributed by atoms with van der Waals surface area (Å²) in [5.74, 6) is -1.73. The van der Waals surface area contributed by atoms with E-state index in [1.165, 1.54) is 30.5 Å². The number of rotatable bonds is 1. The number of nitrogens with zero attached hydrogens (tertiary/aromatic N) is 1. The van der Waals surface area contributed by atoms with Gasteiger partial charge < -0.3 is 9.90 Å². The first kappa shape index (κ1) is 12.1. The van der Waals surface area contributed by atoms with Crippen LogP contribution in [0.3, 0.4) is 0 Å². The van der Waals surface area contributed by atoms with Crippen LogP contribution in [0.4, 0.5) is 4.39 Å². The van der Waals surface area contributed by atoms with E-state index in [1.54, 1.807) is 0 Å². The number of benzene rings is 1. The molecule has 1 aromatic heterocycles. The van der Waals surface area contributed by atoms with Gasteiger partial charge in [-0.15, -0.1) is 0 Å². The second-order valence-corrected chi connectivity index (χ2v) is 2.81. The van der Waals surface area contributed by atoms with E-state index in [9.17, 15) is 14.3 Å². The van der Waals surface area contributed by atoms with E-state index in [-0.39, 0.29) is 35.1 Å². The summed E-state index contributed by atoms with van der Waals surface area (Å²) < 4.78 is 12.8. The molecule has 0 N–H and O–H groups in total. The third kappa shape index (κ3) is 2.34. The van der Waals surface area contributed by atoms with Crippen LogP contribution in [0.15, 0.2) is 30.5 Å². The summed E-state index contributed by atoms with van der Waals surface area (Å²) in [5, 5.41) is 11.1. The number of carbonyl (C=O) groups is 1. The summed E-state index contributed by atoms with van der Waals surface area (Å²) >= 11 is 0. The normalized spacial score (nSPS) is 9.67. The van der Waals surface area contributed by atoms with Gasteiger partial charge in [0.05, 0.1) is 11.5 Å². The van der Waals surface area contributed by atoms with Crippen LogP contribution in [0, 0.1) is 5.82 Å². The Morgan fingerprint density at radius 1 is 1.33 bits per heavy atom. The second kappa shape index (κ2) is 4.70. The van der Waals surface area contributed by atoms with Gasteiger partial charge in [0.25, 0.3) is 0 Å². The zero-order chi connectivity index (χ0) is 10.1. The summed E-state index contributed by atoms with van der Waals surface area (Å²) in [6.07, 6.45) is 1.31. The van der Waals surface area contributed by atoms with Crippen LogP contribution in [0.1, 0.15) is 10.4 Å². The van der Waals surface area contributed by atoms with Gasteiger partial charge in [-0.1, -0.05) is 0 Å². The van der Waals surface area contributed by atoms with Crippen LogP contribution in [0.25, 0.3) is 10.9 Å². The number of carboxylic acid groups (broad SMARTS) is 1. The standard InChI is InChI=1S/C10H6FNO2.Na/c11-6-1-2-7-8(10(13)14)3-4-12-9(7)5-6;/h1-5H,(H,13,14);/q;+1/p-1. The van der Waals surface area contributed by atoms with Gasteiger partial charge in [0.15, 0.2) is 0 Å². The number of pyridine rings is 1. The van der Waals surface area contributed by atoms with Crippen LogP contribution in [0.2, 0.25) is 0 Å². The van der Waals surface area contributed by atoms with Gasteiger partial charge in [0.1, 0.15) is 5.82 Å². The Morgan fingerprint density at radius 2 is 2.07 bits per heavy atom. The zero-order valence-corrected chi connectivity index (χ0v) is 10.0. The molecule has 0 radical (unpaired) electrons. The third-order valence-corrected chi connectivity index (χ3v) is 1.92. The van der Waals surface area contributed by atoms with Crippen molar-refractivity contribution >= 4 is 16.9 Å². The van der Waals surface area contributed by atoms with Gasteiger partial charge in [-0.2, -0.15) is 0 Å². The van der Waals surface area contributed by atoms with Crippen LogP contribution in [-0.2, 0) is 0 Å². The molecule has 0 amide bonds. The van der Waals surface area contributed by atoms with Crippen molar-refractivity contribution in [1.82, 2.24) is 4.98 Å². The molecule has 15 heavy (non-hydrogen) atoms. The van der Waals surface area contributed by atoms with E-state index in [0.29, 0.717) is 10.9 Å². The molecule has 0 saturated carbocycles. The molecular weight excluding hydrogens is 208 g/mol. The molecule has 2 aromatic rings. The zero-order valence-electron chi connectivity index (χ0n) is 8.03. The fourth-order valence-electron chi connectivity index (χ4n) is 1.30. The molecule has 3 nitrogen and oxygen atoms in total. The molecule has 0 unspecified atom stereocenters. The topological polar surface area (TPSA) is 53.0 Å². The van der Waals surface area contributed by atoms with Gasteiger partial charge >= 0.3 is 29.6 Å². The van der Waals surface area contributed by atoms with Crippen LogP contribution in [-0.4, -0.2) is 11.0 Å². The van der Waals surface area contributed by atoms with Crippen LogP contribution >= 0.6 is 0 Å². The van der Waals surface area contributed by atoms with E-state index in [2.05, 4.69) is 4.98 Å². The predicted octanol–water partition coefficient (Wildman–Crippen LogP) is -2.26. The average molecular weight is 213 g/mol. The maximum atomic E-state index is 12.8. The molecule has 2 rings (SSSR count). The Hall–Kier alpha value is -0.970. The van der Waals surface area contributed by atoms with Crippen molar-refractivity contribution in [3.05, 3.63) is 41.8 Å². The fourth-order valence-corrected chi connectivity index (χ4v) is 1.30.